The number of amides is 2. The molecule has 3 rings (SSSR count). The average Bonchev–Trinajstić information content (AvgIpc) is 3.42. The summed E-state index contributed by atoms with van der Waals surface area (Å²) in [6.07, 6.45) is 5.37. The molecule has 2 aliphatic rings. The summed E-state index contributed by atoms with van der Waals surface area (Å²) in [5.41, 5.74) is 4.78. The van der Waals surface area contributed by atoms with E-state index in [0.29, 0.717) is 25.7 Å². The first-order valence-electron chi connectivity index (χ1n) is 11.0. The Morgan fingerprint density at radius 1 is 1.10 bits per heavy atom. The molecule has 0 saturated heterocycles. The Morgan fingerprint density at radius 3 is 2.57 bits per heavy atom. The normalized spacial score (nSPS) is 22.2. The highest BCUT2D eigenvalue weighted by atomic mass is 16.5. The van der Waals surface area contributed by atoms with Gasteiger partial charge in [0.1, 0.15) is 11.9 Å². The van der Waals surface area contributed by atoms with Gasteiger partial charge in [0.05, 0.1) is 5.92 Å². The minimum atomic E-state index is -1.62. The lowest BCUT2D eigenvalue weighted by molar-refractivity contribution is -0.147. The largest absolute Gasteiger partial charge is 0.382 e. The molecule has 2 amide bonds. The van der Waals surface area contributed by atoms with Gasteiger partial charge < -0.3 is 10.4 Å². The van der Waals surface area contributed by atoms with E-state index in [1.807, 2.05) is 19.1 Å². The quantitative estimate of drug-likeness (QED) is 0.365. The smallest absolute Gasteiger partial charge is 0.272 e. The summed E-state index contributed by atoms with van der Waals surface area (Å²) in [4.78, 5) is 38.0. The zero-order valence-corrected chi connectivity index (χ0v) is 17.5. The van der Waals surface area contributed by atoms with E-state index in [4.69, 9.17) is 5.21 Å². The molecular formula is C23H32N2O5. The van der Waals surface area contributed by atoms with Crippen molar-refractivity contribution in [2.75, 3.05) is 5.32 Å². The summed E-state index contributed by atoms with van der Waals surface area (Å²) in [6.45, 7) is 1.96. The van der Waals surface area contributed by atoms with Crippen LogP contribution in [0.4, 0.5) is 5.69 Å². The molecule has 2 aliphatic carbocycles. The molecule has 1 saturated carbocycles. The number of rotatable bonds is 9. The molecule has 1 aromatic carbocycles. The van der Waals surface area contributed by atoms with E-state index < -0.39 is 29.8 Å². The lowest BCUT2D eigenvalue weighted by Crippen LogP contribution is -2.44. The third-order valence-electron chi connectivity index (χ3n) is 6.58. The lowest BCUT2D eigenvalue weighted by Gasteiger charge is -2.26. The Morgan fingerprint density at radius 2 is 1.83 bits per heavy atom. The van der Waals surface area contributed by atoms with Crippen LogP contribution in [0.25, 0.3) is 0 Å². The highest BCUT2D eigenvalue weighted by Gasteiger charge is 2.43. The van der Waals surface area contributed by atoms with Gasteiger partial charge in [0.2, 0.25) is 5.91 Å². The number of carbonyl (C=O) groups excluding carboxylic acids is 3. The van der Waals surface area contributed by atoms with Crippen molar-refractivity contribution in [3.63, 3.8) is 0 Å². The van der Waals surface area contributed by atoms with Crippen LogP contribution in [0.5, 0.6) is 0 Å². The molecule has 0 aliphatic heterocycles. The van der Waals surface area contributed by atoms with Gasteiger partial charge in [-0.05, 0) is 61.8 Å². The molecule has 0 bridgehead atoms. The number of hydroxylamine groups is 1. The Balaban J connectivity index is 1.71. The number of anilines is 1. The maximum atomic E-state index is 13.2. The van der Waals surface area contributed by atoms with Gasteiger partial charge in [-0.15, -0.1) is 0 Å². The van der Waals surface area contributed by atoms with Crippen molar-refractivity contribution in [2.24, 2.45) is 17.8 Å². The van der Waals surface area contributed by atoms with Gasteiger partial charge >= 0.3 is 0 Å². The van der Waals surface area contributed by atoms with Gasteiger partial charge in [0, 0.05) is 17.5 Å². The van der Waals surface area contributed by atoms with Crippen LogP contribution in [0.15, 0.2) is 18.2 Å². The number of unbranched alkanes of at least 4 members (excludes halogenated alkanes) is 1. The first-order valence-corrected chi connectivity index (χ1v) is 11.0. The molecular weight excluding hydrogens is 384 g/mol. The molecule has 0 heterocycles. The van der Waals surface area contributed by atoms with Crippen molar-refractivity contribution in [3.8, 4) is 0 Å². The summed E-state index contributed by atoms with van der Waals surface area (Å²) >= 11 is 0. The highest BCUT2D eigenvalue weighted by Crippen LogP contribution is 2.37. The summed E-state index contributed by atoms with van der Waals surface area (Å²) in [6, 6.07) is 5.98. The van der Waals surface area contributed by atoms with Crippen molar-refractivity contribution >= 4 is 23.3 Å². The molecule has 7 heteroatoms. The van der Waals surface area contributed by atoms with E-state index in [0.717, 1.165) is 37.8 Å². The van der Waals surface area contributed by atoms with E-state index in [1.54, 1.807) is 0 Å². The van der Waals surface area contributed by atoms with Crippen LogP contribution >= 0.6 is 0 Å². The van der Waals surface area contributed by atoms with E-state index in [-0.39, 0.29) is 11.7 Å². The molecule has 0 aromatic heterocycles. The second kappa shape index (κ2) is 10.2. The molecule has 1 unspecified atom stereocenters. The van der Waals surface area contributed by atoms with Gasteiger partial charge in [-0.25, -0.2) is 5.48 Å². The molecule has 0 spiro atoms. The number of aliphatic hydroxyl groups excluding tert-OH is 1. The van der Waals surface area contributed by atoms with Crippen molar-refractivity contribution < 1.29 is 24.7 Å². The fraction of sp³-hybridized carbons (Fsp3) is 0.609. The summed E-state index contributed by atoms with van der Waals surface area (Å²) in [5, 5.41) is 22.1. The van der Waals surface area contributed by atoms with Crippen molar-refractivity contribution in [3.05, 3.63) is 29.3 Å². The Hall–Kier alpha value is -2.25. The minimum absolute atomic E-state index is 0.181. The second-order valence-corrected chi connectivity index (χ2v) is 8.54. The molecule has 4 atom stereocenters. The zero-order valence-electron chi connectivity index (χ0n) is 17.5. The first-order chi connectivity index (χ1) is 14.5. The lowest BCUT2D eigenvalue weighted by atomic mass is 9.80. The van der Waals surface area contributed by atoms with Gasteiger partial charge in [0.15, 0.2) is 0 Å². The second-order valence-electron chi connectivity index (χ2n) is 8.54. The van der Waals surface area contributed by atoms with E-state index in [9.17, 15) is 19.5 Å². The van der Waals surface area contributed by atoms with Gasteiger partial charge in [-0.1, -0.05) is 32.3 Å². The van der Waals surface area contributed by atoms with Crippen molar-refractivity contribution in [2.45, 2.75) is 70.8 Å². The van der Waals surface area contributed by atoms with Crippen molar-refractivity contribution in [1.29, 1.82) is 0 Å². The van der Waals surface area contributed by atoms with Crippen LogP contribution in [0.3, 0.4) is 0 Å². The van der Waals surface area contributed by atoms with E-state index in [1.165, 1.54) is 16.6 Å². The maximum Gasteiger partial charge on any atom is 0.272 e. The highest BCUT2D eigenvalue weighted by molar-refractivity contribution is 5.98. The van der Waals surface area contributed by atoms with Crippen LogP contribution in [0, 0.1) is 17.8 Å². The monoisotopic (exact) mass is 416 g/mol. The molecule has 30 heavy (non-hydrogen) atoms. The molecule has 1 aromatic rings. The number of nitrogens with one attached hydrogen (secondary N) is 2. The van der Waals surface area contributed by atoms with Crippen LogP contribution in [-0.2, 0) is 27.2 Å². The summed E-state index contributed by atoms with van der Waals surface area (Å²) < 4.78 is 0. The number of hydrogen-bond donors (Lipinski definition) is 4. The molecule has 164 valence electrons. The maximum absolute atomic E-state index is 13.2. The van der Waals surface area contributed by atoms with Crippen LogP contribution in [0.2, 0.25) is 0 Å². The Labute approximate surface area is 177 Å². The standard InChI is InChI=1S/C23H32N2O5/c1-2-3-8-19(21(27)23(29)25-30)20(26)17-9-5-10-18(17)22(28)24-16-12-11-14-6-4-7-15(14)13-16/h11-13,17-19,21,27,30H,2-10H2,1H3,(H,24,28)(H,25,29)/t17?,18-,19+,21+/m1/s1. The number of carbonyl (C=O) groups is 3. The fourth-order valence-corrected chi connectivity index (χ4v) is 4.90. The SMILES string of the molecule is CCCC[C@@H](C(=O)C1CCC[C@H]1C(=O)Nc1ccc2c(c1)CCC2)[C@H](O)C(=O)NO. The van der Waals surface area contributed by atoms with Gasteiger partial charge in [-0.3, -0.25) is 19.6 Å². The Kier molecular flexibility index (Phi) is 7.61. The van der Waals surface area contributed by atoms with E-state index >= 15 is 0 Å². The first kappa shape index (κ1) is 22.4. The predicted octanol–water partition coefficient (Wildman–Crippen LogP) is 2.77. The van der Waals surface area contributed by atoms with Crippen LogP contribution < -0.4 is 10.8 Å². The van der Waals surface area contributed by atoms with E-state index in [2.05, 4.69) is 11.4 Å². The minimum Gasteiger partial charge on any atom is -0.382 e. The molecule has 4 N–H and O–H groups in total. The number of benzene rings is 1. The third-order valence-corrected chi connectivity index (χ3v) is 6.58. The number of aryl methyl sites for hydroxylation is 2. The molecule has 1 fully saturated rings. The number of aliphatic hydroxyl groups is 1. The van der Waals surface area contributed by atoms with Gasteiger partial charge in [0.25, 0.3) is 5.91 Å². The fourth-order valence-electron chi connectivity index (χ4n) is 4.90. The van der Waals surface area contributed by atoms with Gasteiger partial charge in [-0.2, -0.15) is 0 Å². The number of fused-ring (bicyclic) bond motifs is 1. The molecule has 0 radical (unpaired) electrons. The predicted molar refractivity (Wildman–Crippen MR) is 112 cm³/mol. The molecule has 7 nitrogen and oxygen atoms in total. The average molecular weight is 417 g/mol. The number of hydrogen-bond acceptors (Lipinski definition) is 5. The zero-order chi connectivity index (χ0) is 21.7. The number of Topliss-reactive ketones (excluding diaryl/α,β-unsaturated/α-hetero) is 1. The van der Waals surface area contributed by atoms with Crippen LogP contribution in [0.1, 0.15) is 63.0 Å². The summed E-state index contributed by atoms with van der Waals surface area (Å²) in [5.74, 6) is -3.34. The number of ketones is 1. The topological polar surface area (TPSA) is 116 Å². The van der Waals surface area contributed by atoms with Crippen molar-refractivity contribution in [1.82, 2.24) is 5.48 Å². The van der Waals surface area contributed by atoms with Crippen LogP contribution in [-0.4, -0.2) is 34.0 Å². The third kappa shape index (κ3) is 4.90. The summed E-state index contributed by atoms with van der Waals surface area (Å²) in [7, 11) is 0. The Bertz CT molecular complexity index is 794.